The van der Waals surface area contributed by atoms with Gasteiger partial charge in [-0.3, -0.25) is 4.79 Å². The predicted molar refractivity (Wildman–Crippen MR) is 53.1 cm³/mol. The number of carbonyl (C=O) groups is 1. The highest BCUT2D eigenvalue weighted by molar-refractivity contribution is 5.81. The molecule has 15 heavy (non-hydrogen) atoms. The quantitative estimate of drug-likeness (QED) is 0.695. The maximum Gasteiger partial charge on any atom is 0.226 e. The Kier molecular flexibility index (Phi) is 1.84. The fraction of sp³-hybridized carbons (Fsp3) is 0.636. The standard InChI is InChI=1S/C11H14N2O2/c1-7-9-4-5-13(6-10(9)15-12-7)11(14)8-2-3-8/h8H,2-6H2,1H3. The number of fused-ring (bicyclic) bond motifs is 1. The molecule has 2 aliphatic rings. The molecule has 1 aliphatic carbocycles. The third-order valence-electron chi connectivity index (χ3n) is 3.27. The van der Waals surface area contributed by atoms with Crippen LogP contribution in [-0.2, 0) is 17.8 Å². The molecule has 0 N–H and O–H groups in total. The van der Waals surface area contributed by atoms with Crippen LogP contribution >= 0.6 is 0 Å². The van der Waals surface area contributed by atoms with Crippen LogP contribution in [-0.4, -0.2) is 22.5 Å². The Morgan fingerprint density at radius 1 is 1.53 bits per heavy atom. The molecule has 0 radical (unpaired) electrons. The van der Waals surface area contributed by atoms with Gasteiger partial charge in [-0.1, -0.05) is 5.16 Å². The molecule has 1 fully saturated rings. The van der Waals surface area contributed by atoms with Crippen LogP contribution in [0, 0.1) is 12.8 Å². The highest BCUT2D eigenvalue weighted by Gasteiger charge is 2.35. The third kappa shape index (κ3) is 1.44. The number of aromatic nitrogens is 1. The van der Waals surface area contributed by atoms with E-state index < -0.39 is 0 Å². The van der Waals surface area contributed by atoms with Gasteiger partial charge in [0.2, 0.25) is 5.91 Å². The molecule has 4 heteroatoms. The Hall–Kier alpha value is -1.32. The highest BCUT2D eigenvalue weighted by atomic mass is 16.5. The number of hydrogen-bond acceptors (Lipinski definition) is 3. The molecule has 1 aliphatic heterocycles. The van der Waals surface area contributed by atoms with Crippen molar-refractivity contribution in [2.24, 2.45) is 5.92 Å². The normalized spacial score (nSPS) is 20.2. The molecular weight excluding hydrogens is 192 g/mol. The second-order valence-corrected chi connectivity index (χ2v) is 4.45. The molecule has 0 unspecified atom stereocenters. The molecule has 1 saturated carbocycles. The summed E-state index contributed by atoms with van der Waals surface area (Å²) in [5, 5.41) is 3.94. The van der Waals surface area contributed by atoms with Crippen molar-refractivity contribution in [2.75, 3.05) is 6.54 Å². The van der Waals surface area contributed by atoms with Crippen LogP contribution in [0.1, 0.15) is 29.9 Å². The minimum absolute atomic E-state index is 0.301. The molecule has 1 aromatic rings. The van der Waals surface area contributed by atoms with Crippen molar-refractivity contribution < 1.29 is 9.32 Å². The fourth-order valence-electron chi connectivity index (χ4n) is 2.16. The zero-order valence-corrected chi connectivity index (χ0v) is 8.82. The van der Waals surface area contributed by atoms with E-state index in [-0.39, 0.29) is 0 Å². The van der Waals surface area contributed by atoms with Crippen LogP contribution < -0.4 is 0 Å². The van der Waals surface area contributed by atoms with Crippen molar-refractivity contribution in [2.45, 2.75) is 32.7 Å². The van der Waals surface area contributed by atoms with Crippen molar-refractivity contribution in [3.63, 3.8) is 0 Å². The molecule has 2 heterocycles. The van der Waals surface area contributed by atoms with E-state index in [1.54, 1.807) is 0 Å². The van der Waals surface area contributed by atoms with Crippen LogP contribution in [0.5, 0.6) is 0 Å². The number of amides is 1. The van der Waals surface area contributed by atoms with Gasteiger partial charge in [-0.05, 0) is 26.2 Å². The van der Waals surface area contributed by atoms with E-state index in [4.69, 9.17) is 4.52 Å². The van der Waals surface area contributed by atoms with Crippen LogP contribution in [0.3, 0.4) is 0 Å². The van der Waals surface area contributed by atoms with E-state index in [1.807, 2.05) is 11.8 Å². The van der Waals surface area contributed by atoms with Gasteiger partial charge in [-0.25, -0.2) is 0 Å². The number of hydrogen-bond donors (Lipinski definition) is 0. The SMILES string of the molecule is Cc1noc2c1CCN(C(=O)C1CC1)C2. The largest absolute Gasteiger partial charge is 0.359 e. The number of aryl methyl sites for hydroxylation is 1. The van der Waals surface area contributed by atoms with E-state index in [1.165, 1.54) is 5.56 Å². The summed E-state index contributed by atoms with van der Waals surface area (Å²) in [6.07, 6.45) is 3.03. The van der Waals surface area contributed by atoms with E-state index in [9.17, 15) is 4.79 Å². The van der Waals surface area contributed by atoms with E-state index >= 15 is 0 Å². The zero-order chi connectivity index (χ0) is 10.4. The summed E-state index contributed by atoms with van der Waals surface area (Å²) in [7, 11) is 0. The molecule has 80 valence electrons. The first kappa shape index (κ1) is 8.95. The maximum absolute atomic E-state index is 11.8. The van der Waals surface area contributed by atoms with Gasteiger partial charge in [0, 0.05) is 18.0 Å². The smallest absolute Gasteiger partial charge is 0.226 e. The van der Waals surface area contributed by atoms with Crippen LogP contribution in [0.2, 0.25) is 0 Å². The zero-order valence-electron chi connectivity index (χ0n) is 8.82. The summed E-state index contributed by atoms with van der Waals surface area (Å²) < 4.78 is 5.22. The van der Waals surface area contributed by atoms with Crippen molar-refractivity contribution in [1.82, 2.24) is 10.1 Å². The fourth-order valence-corrected chi connectivity index (χ4v) is 2.16. The Labute approximate surface area is 88.2 Å². The second kappa shape index (κ2) is 3.08. The van der Waals surface area contributed by atoms with Crippen LogP contribution in [0.15, 0.2) is 4.52 Å². The minimum Gasteiger partial charge on any atom is -0.359 e. The summed E-state index contributed by atoms with van der Waals surface area (Å²) in [6.45, 7) is 3.40. The summed E-state index contributed by atoms with van der Waals surface area (Å²) >= 11 is 0. The second-order valence-electron chi connectivity index (χ2n) is 4.45. The maximum atomic E-state index is 11.8. The van der Waals surface area contributed by atoms with Crippen molar-refractivity contribution in [3.05, 3.63) is 17.0 Å². The lowest BCUT2D eigenvalue weighted by atomic mass is 10.1. The first-order chi connectivity index (χ1) is 7.25. The van der Waals surface area contributed by atoms with Crippen molar-refractivity contribution >= 4 is 5.91 Å². The van der Waals surface area contributed by atoms with Gasteiger partial charge < -0.3 is 9.42 Å². The van der Waals surface area contributed by atoms with Gasteiger partial charge in [0.15, 0.2) is 5.76 Å². The summed E-state index contributed by atoms with van der Waals surface area (Å²) in [4.78, 5) is 13.7. The molecule has 3 rings (SSSR count). The topological polar surface area (TPSA) is 46.3 Å². The first-order valence-corrected chi connectivity index (χ1v) is 5.48. The summed E-state index contributed by atoms with van der Waals surface area (Å²) in [5.74, 6) is 1.48. The lowest BCUT2D eigenvalue weighted by Gasteiger charge is -2.25. The summed E-state index contributed by atoms with van der Waals surface area (Å²) in [6, 6.07) is 0. The molecule has 0 atom stereocenters. The van der Waals surface area contributed by atoms with Gasteiger partial charge in [-0.15, -0.1) is 0 Å². The minimum atomic E-state index is 0.301. The predicted octanol–water partition coefficient (Wildman–Crippen LogP) is 1.28. The van der Waals surface area contributed by atoms with E-state index in [0.29, 0.717) is 18.4 Å². The first-order valence-electron chi connectivity index (χ1n) is 5.48. The van der Waals surface area contributed by atoms with Gasteiger partial charge in [0.05, 0.1) is 12.2 Å². The van der Waals surface area contributed by atoms with E-state index in [2.05, 4.69) is 5.16 Å². The number of rotatable bonds is 1. The Bertz CT molecular complexity index is 407. The molecule has 1 aromatic heterocycles. The molecule has 0 saturated heterocycles. The summed E-state index contributed by atoms with van der Waals surface area (Å²) in [5.41, 5.74) is 2.18. The van der Waals surface area contributed by atoms with Gasteiger partial charge in [0.1, 0.15) is 0 Å². The van der Waals surface area contributed by atoms with Crippen LogP contribution in [0.25, 0.3) is 0 Å². The molecule has 0 aromatic carbocycles. The van der Waals surface area contributed by atoms with Crippen molar-refractivity contribution in [3.8, 4) is 0 Å². The lowest BCUT2D eigenvalue weighted by molar-refractivity contribution is -0.133. The molecule has 0 spiro atoms. The Morgan fingerprint density at radius 3 is 3.07 bits per heavy atom. The molecule has 4 nitrogen and oxygen atoms in total. The average molecular weight is 206 g/mol. The van der Waals surface area contributed by atoms with E-state index in [0.717, 1.165) is 37.3 Å². The molecule has 0 bridgehead atoms. The van der Waals surface area contributed by atoms with Crippen LogP contribution in [0.4, 0.5) is 0 Å². The molecular formula is C11H14N2O2. The number of carbonyl (C=O) groups excluding carboxylic acids is 1. The highest BCUT2D eigenvalue weighted by Crippen LogP contribution is 2.33. The van der Waals surface area contributed by atoms with Crippen molar-refractivity contribution in [1.29, 1.82) is 0 Å². The monoisotopic (exact) mass is 206 g/mol. The third-order valence-corrected chi connectivity index (χ3v) is 3.27. The Balaban J connectivity index is 1.79. The Morgan fingerprint density at radius 2 is 2.33 bits per heavy atom. The van der Waals surface area contributed by atoms with Gasteiger partial charge in [0.25, 0.3) is 0 Å². The van der Waals surface area contributed by atoms with Gasteiger partial charge in [-0.2, -0.15) is 0 Å². The van der Waals surface area contributed by atoms with Gasteiger partial charge >= 0.3 is 0 Å². The number of nitrogens with zero attached hydrogens (tertiary/aromatic N) is 2. The average Bonchev–Trinajstić information content (AvgIpc) is 3.03. The molecule has 1 amide bonds. The lowest BCUT2D eigenvalue weighted by Crippen LogP contribution is -2.36.